The molecule has 7 heteroatoms. The summed E-state index contributed by atoms with van der Waals surface area (Å²) in [5.74, 6) is 3.22. The first-order chi connectivity index (χ1) is 10.8. The van der Waals surface area contributed by atoms with Crippen LogP contribution in [0, 0.1) is 5.92 Å². The Morgan fingerprint density at radius 1 is 1.27 bits per heavy atom. The second kappa shape index (κ2) is 5.72. The Labute approximate surface area is 132 Å². The number of rotatable bonds is 3. The van der Waals surface area contributed by atoms with Crippen LogP contribution >= 0.6 is 11.8 Å². The van der Waals surface area contributed by atoms with Crippen LogP contribution in [-0.2, 0) is 18.7 Å². The van der Waals surface area contributed by atoms with E-state index in [0.717, 1.165) is 48.2 Å². The Balaban J connectivity index is 1.44. The molecule has 0 spiro atoms. The quantitative estimate of drug-likeness (QED) is 0.840. The molecule has 0 N–H and O–H groups in total. The molecule has 4 heterocycles. The predicted molar refractivity (Wildman–Crippen MR) is 86.1 cm³/mol. The molecule has 1 saturated heterocycles. The fraction of sp³-hybridized carbons (Fsp3) is 0.467. The fourth-order valence-corrected chi connectivity index (χ4v) is 3.88. The first-order valence-electron chi connectivity index (χ1n) is 7.49. The number of hydrogen-bond acceptors (Lipinski definition) is 6. The lowest BCUT2D eigenvalue weighted by Gasteiger charge is -2.39. The highest BCUT2D eigenvalue weighted by Crippen LogP contribution is 2.23. The van der Waals surface area contributed by atoms with Gasteiger partial charge >= 0.3 is 0 Å². The Hall–Kier alpha value is -1.89. The van der Waals surface area contributed by atoms with Crippen molar-refractivity contribution in [3.8, 4) is 0 Å². The largest absolute Gasteiger partial charge is 0.340 e. The van der Waals surface area contributed by atoms with Crippen LogP contribution in [0.3, 0.4) is 0 Å². The number of fused-ring (bicyclic) bond motifs is 1. The molecule has 0 amide bonds. The topological polar surface area (TPSA) is 63.9 Å². The molecule has 0 bridgehead atoms. The highest BCUT2D eigenvalue weighted by atomic mass is 32.2. The van der Waals surface area contributed by atoms with E-state index in [-0.39, 0.29) is 5.56 Å². The Morgan fingerprint density at radius 2 is 2.09 bits per heavy atom. The maximum absolute atomic E-state index is 12.2. The summed E-state index contributed by atoms with van der Waals surface area (Å²) in [6.45, 7) is 2.44. The van der Waals surface area contributed by atoms with Crippen LogP contribution < -0.4 is 10.5 Å². The third kappa shape index (κ3) is 2.61. The summed E-state index contributed by atoms with van der Waals surface area (Å²) in [4.78, 5) is 22.8. The molecule has 22 heavy (non-hydrogen) atoms. The molecule has 4 rings (SSSR count). The van der Waals surface area contributed by atoms with Gasteiger partial charge in [-0.3, -0.25) is 4.79 Å². The van der Waals surface area contributed by atoms with Crippen molar-refractivity contribution < 1.29 is 0 Å². The van der Waals surface area contributed by atoms with Crippen molar-refractivity contribution in [3.05, 3.63) is 46.1 Å². The number of nitrogens with zero attached hydrogens (tertiary/aromatic N) is 5. The van der Waals surface area contributed by atoms with Gasteiger partial charge in [-0.1, -0.05) is 0 Å². The third-order valence-electron chi connectivity index (χ3n) is 4.13. The van der Waals surface area contributed by atoms with E-state index in [1.165, 1.54) is 0 Å². The van der Waals surface area contributed by atoms with Gasteiger partial charge in [-0.2, -0.15) is 16.9 Å². The normalized spacial score (nSPS) is 17.9. The Morgan fingerprint density at radius 3 is 2.91 bits per heavy atom. The molecule has 0 aliphatic carbocycles. The minimum Gasteiger partial charge on any atom is -0.340 e. The number of hydrogen-bond donors (Lipinski definition) is 0. The van der Waals surface area contributed by atoms with Gasteiger partial charge < -0.3 is 4.90 Å². The maximum atomic E-state index is 12.2. The molecule has 2 aliphatic heterocycles. The van der Waals surface area contributed by atoms with Crippen LogP contribution in [0.25, 0.3) is 0 Å². The Kier molecular flexibility index (Phi) is 3.57. The van der Waals surface area contributed by atoms with Crippen LogP contribution in [0.5, 0.6) is 0 Å². The predicted octanol–water partition coefficient (Wildman–Crippen LogP) is 0.959. The smallest absolute Gasteiger partial charge is 0.267 e. The highest BCUT2D eigenvalue weighted by Gasteiger charge is 2.29. The minimum absolute atomic E-state index is 0.0238. The zero-order valence-corrected chi connectivity index (χ0v) is 13.0. The van der Waals surface area contributed by atoms with E-state index < -0.39 is 0 Å². The van der Waals surface area contributed by atoms with Crippen LogP contribution in [0.2, 0.25) is 0 Å². The van der Waals surface area contributed by atoms with Gasteiger partial charge in [0, 0.05) is 49.6 Å². The standard InChI is InChI=1S/C15H17N5OS/c21-14-6-12-10-22-5-2-13(12)18-20(14)9-11-7-19(8-11)15-16-3-1-4-17-15/h1,3-4,6,11H,2,5,7-10H2. The van der Waals surface area contributed by atoms with Crippen molar-refractivity contribution in [3.63, 3.8) is 0 Å². The fourth-order valence-electron chi connectivity index (χ4n) is 2.93. The summed E-state index contributed by atoms with van der Waals surface area (Å²) in [6.07, 6.45) is 4.47. The Bertz CT molecular complexity index is 726. The van der Waals surface area contributed by atoms with Crippen LogP contribution in [0.15, 0.2) is 29.3 Å². The zero-order valence-electron chi connectivity index (χ0n) is 12.2. The first kappa shape index (κ1) is 13.8. The van der Waals surface area contributed by atoms with Crippen LogP contribution in [-0.4, -0.2) is 38.6 Å². The summed E-state index contributed by atoms with van der Waals surface area (Å²) in [5, 5.41) is 4.57. The average molecular weight is 315 g/mol. The van der Waals surface area contributed by atoms with Crippen LogP contribution in [0.1, 0.15) is 11.3 Å². The average Bonchev–Trinajstić information content (AvgIpc) is 2.51. The molecule has 0 radical (unpaired) electrons. The number of anilines is 1. The van der Waals surface area contributed by atoms with Gasteiger partial charge in [-0.05, 0) is 17.4 Å². The van der Waals surface area contributed by atoms with Gasteiger partial charge in [-0.25, -0.2) is 14.6 Å². The summed E-state index contributed by atoms with van der Waals surface area (Å²) in [7, 11) is 0. The summed E-state index contributed by atoms with van der Waals surface area (Å²) < 4.78 is 1.64. The van der Waals surface area contributed by atoms with Gasteiger partial charge in [0.25, 0.3) is 5.56 Å². The molecule has 1 fully saturated rings. The van der Waals surface area contributed by atoms with E-state index in [9.17, 15) is 4.79 Å². The highest BCUT2D eigenvalue weighted by molar-refractivity contribution is 7.98. The molecule has 0 unspecified atom stereocenters. The number of aromatic nitrogens is 4. The number of thioether (sulfide) groups is 1. The third-order valence-corrected chi connectivity index (χ3v) is 5.14. The molecule has 114 valence electrons. The zero-order chi connectivity index (χ0) is 14.9. The van der Waals surface area contributed by atoms with Gasteiger partial charge in [-0.15, -0.1) is 0 Å². The SMILES string of the molecule is O=c1cc2c(nn1CC1CN(c3ncccn3)C1)CCSC2. The molecule has 0 saturated carbocycles. The first-order valence-corrected chi connectivity index (χ1v) is 8.65. The lowest BCUT2D eigenvalue weighted by atomic mass is 10.0. The summed E-state index contributed by atoms with van der Waals surface area (Å²) >= 11 is 1.87. The van der Waals surface area contributed by atoms with E-state index in [1.807, 2.05) is 17.8 Å². The van der Waals surface area contributed by atoms with E-state index in [4.69, 9.17) is 0 Å². The van der Waals surface area contributed by atoms with Crippen molar-refractivity contribution in [2.75, 3.05) is 23.7 Å². The van der Waals surface area contributed by atoms with Crippen molar-refractivity contribution in [1.29, 1.82) is 0 Å². The van der Waals surface area contributed by atoms with E-state index in [2.05, 4.69) is 20.0 Å². The van der Waals surface area contributed by atoms with E-state index in [0.29, 0.717) is 12.5 Å². The minimum atomic E-state index is 0.0238. The van der Waals surface area contributed by atoms with Gasteiger partial charge in [0.05, 0.1) is 12.2 Å². The molecule has 0 aromatic carbocycles. The number of aryl methyl sites for hydroxylation is 1. The molecule has 2 aromatic heterocycles. The van der Waals surface area contributed by atoms with E-state index in [1.54, 1.807) is 23.1 Å². The molecule has 2 aliphatic rings. The van der Waals surface area contributed by atoms with Gasteiger partial charge in [0.2, 0.25) is 5.95 Å². The molecular weight excluding hydrogens is 298 g/mol. The lowest BCUT2D eigenvalue weighted by molar-refractivity contribution is 0.329. The van der Waals surface area contributed by atoms with Gasteiger partial charge in [0.1, 0.15) is 0 Å². The van der Waals surface area contributed by atoms with Gasteiger partial charge in [0.15, 0.2) is 0 Å². The van der Waals surface area contributed by atoms with Crippen molar-refractivity contribution >= 4 is 17.7 Å². The van der Waals surface area contributed by atoms with Crippen molar-refractivity contribution in [1.82, 2.24) is 19.7 Å². The van der Waals surface area contributed by atoms with Crippen LogP contribution in [0.4, 0.5) is 5.95 Å². The van der Waals surface area contributed by atoms with Crippen molar-refractivity contribution in [2.24, 2.45) is 5.92 Å². The molecule has 2 aromatic rings. The van der Waals surface area contributed by atoms with Crippen molar-refractivity contribution in [2.45, 2.75) is 18.7 Å². The molecular formula is C15H17N5OS. The summed E-state index contributed by atoms with van der Waals surface area (Å²) in [6, 6.07) is 3.58. The summed E-state index contributed by atoms with van der Waals surface area (Å²) in [5.41, 5.74) is 2.24. The van der Waals surface area contributed by atoms with E-state index >= 15 is 0 Å². The molecule has 6 nitrogen and oxygen atoms in total. The maximum Gasteiger partial charge on any atom is 0.267 e. The lowest BCUT2D eigenvalue weighted by Crippen LogP contribution is -2.50. The molecule has 0 atom stereocenters. The second-order valence-electron chi connectivity index (χ2n) is 5.76. The monoisotopic (exact) mass is 315 g/mol. The second-order valence-corrected chi connectivity index (χ2v) is 6.86.